The number of carbonyl (C=O) groups is 2. The molecule has 150 valence electrons. The zero-order valence-corrected chi connectivity index (χ0v) is 16.7. The molecule has 1 aliphatic heterocycles. The maximum Gasteiger partial charge on any atom is 0.410 e. The molecule has 0 spiro atoms. The van der Waals surface area contributed by atoms with E-state index < -0.39 is 23.7 Å². The molecule has 0 unspecified atom stereocenters. The van der Waals surface area contributed by atoms with E-state index in [1.54, 1.807) is 31.7 Å². The van der Waals surface area contributed by atoms with Crippen LogP contribution in [0.3, 0.4) is 0 Å². The molecule has 1 aliphatic rings. The lowest BCUT2D eigenvalue weighted by Crippen LogP contribution is -2.58. The lowest BCUT2D eigenvalue weighted by molar-refractivity contribution is -0.139. The van der Waals surface area contributed by atoms with Crippen LogP contribution in [0.1, 0.15) is 34.6 Å². The van der Waals surface area contributed by atoms with Gasteiger partial charge in [-0.05, 0) is 34.6 Å². The zero-order valence-electron chi connectivity index (χ0n) is 16.7. The third-order valence-corrected chi connectivity index (χ3v) is 4.34. The number of amides is 1. The molecule has 0 bridgehead atoms. The lowest BCUT2D eigenvalue weighted by Gasteiger charge is -2.40. The highest BCUT2D eigenvalue weighted by molar-refractivity contribution is 5.80. The summed E-state index contributed by atoms with van der Waals surface area (Å²) >= 11 is 0. The first-order valence-corrected chi connectivity index (χ1v) is 9.20. The standard InChI is InChI=1S/C18H29N5O4/c1-6-21(7-2)14-10-15(20-12-19-14)23-9-8-22(11-13(23)16(24)25)17(26)27-18(3,4)5/h10,12-13H,6-9,11H2,1-5H3,(H,24,25)/t13-/m1/s1. The number of carboxylic acids is 1. The molecule has 9 heteroatoms. The van der Waals surface area contributed by atoms with Gasteiger partial charge in [-0.25, -0.2) is 19.6 Å². The fraction of sp³-hybridized carbons (Fsp3) is 0.667. The molecule has 2 rings (SSSR count). The molecule has 9 nitrogen and oxygen atoms in total. The Morgan fingerprint density at radius 2 is 1.93 bits per heavy atom. The van der Waals surface area contributed by atoms with Crippen molar-refractivity contribution in [3.63, 3.8) is 0 Å². The van der Waals surface area contributed by atoms with Gasteiger partial charge in [-0.3, -0.25) is 0 Å². The molecule has 1 saturated heterocycles. The average molecular weight is 379 g/mol. The number of hydrogen-bond acceptors (Lipinski definition) is 7. The van der Waals surface area contributed by atoms with E-state index >= 15 is 0 Å². The second kappa shape index (κ2) is 8.41. The Hall–Kier alpha value is -2.58. The third-order valence-electron chi connectivity index (χ3n) is 4.34. The lowest BCUT2D eigenvalue weighted by atomic mass is 10.1. The molecule has 27 heavy (non-hydrogen) atoms. The van der Waals surface area contributed by atoms with Crippen LogP contribution in [0.4, 0.5) is 16.4 Å². The van der Waals surface area contributed by atoms with Crippen molar-refractivity contribution < 1.29 is 19.4 Å². The summed E-state index contributed by atoms with van der Waals surface area (Å²) in [5.41, 5.74) is -0.627. The van der Waals surface area contributed by atoms with Crippen LogP contribution in [-0.2, 0) is 9.53 Å². The molecule has 2 heterocycles. The van der Waals surface area contributed by atoms with E-state index in [4.69, 9.17) is 4.74 Å². The van der Waals surface area contributed by atoms with Gasteiger partial charge >= 0.3 is 12.1 Å². The fourth-order valence-corrected chi connectivity index (χ4v) is 2.98. The van der Waals surface area contributed by atoms with Crippen LogP contribution in [0, 0.1) is 0 Å². The number of aromatic nitrogens is 2. The van der Waals surface area contributed by atoms with Gasteiger partial charge in [0.15, 0.2) is 0 Å². The number of hydrogen-bond donors (Lipinski definition) is 1. The normalized spacial score (nSPS) is 17.6. The number of rotatable bonds is 5. The molecule has 1 aromatic heterocycles. The van der Waals surface area contributed by atoms with Gasteiger partial charge in [-0.2, -0.15) is 0 Å². The van der Waals surface area contributed by atoms with Gasteiger partial charge in [0.1, 0.15) is 29.6 Å². The van der Waals surface area contributed by atoms with E-state index in [0.29, 0.717) is 18.9 Å². The Kier molecular flexibility index (Phi) is 6.45. The van der Waals surface area contributed by atoms with Crippen molar-refractivity contribution in [2.24, 2.45) is 0 Å². The van der Waals surface area contributed by atoms with Gasteiger partial charge < -0.3 is 24.5 Å². The number of carboxylic acid groups (broad SMARTS) is 1. The Balaban J connectivity index is 2.20. The van der Waals surface area contributed by atoms with Gasteiger partial charge in [0, 0.05) is 32.2 Å². The minimum Gasteiger partial charge on any atom is -0.480 e. The van der Waals surface area contributed by atoms with Crippen LogP contribution < -0.4 is 9.80 Å². The topological polar surface area (TPSA) is 99.1 Å². The van der Waals surface area contributed by atoms with Crippen LogP contribution in [0.25, 0.3) is 0 Å². The van der Waals surface area contributed by atoms with Crippen molar-refractivity contribution in [2.45, 2.75) is 46.3 Å². The van der Waals surface area contributed by atoms with Gasteiger partial charge in [-0.15, -0.1) is 0 Å². The first-order valence-electron chi connectivity index (χ1n) is 9.20. The average Bonchev–Trinajstić information content (AvgIpc) is 2.61. The van der Waals surface area contributed by atoms with Crippen molar-refractivity contribution in [1.29, 1.82) is 0 Å². The number of ether oxygens (including phenoxy) is 1. The van der Waals surface area contributed by atoms with E-state index in [2.05, 4.69) is 14.9 Å². The predicted octanol–water partition coefficient (Wildman–Crippen LogP) is 1.83. The SMILES string of the molecule is CCN(CC)c1cc(N2CCN(C(=O)OC(C)(C)C)C[C@@H]2C(=O)O)ncn1. The van der Waals surface area contributed by atoms with Crippen LogP contribution in [0.2, 0.25) is 0 Å². The maximum absolute atomic E-state index is 12.3. The zero-order chi connectivity index (χ0) is 20.2. The van der Waals surface area contributed by atoms with E-state index in [9.17, 15) is 14.7 Å². The highest BCUT2D eigenvalue weighted by Gasteiger charge is 2.36. The summed E-state index contributed by atoms with van der Waals surface area (Å²) in [6.07, 6.45) is 0.946. The van der Waals surface area contributed by atoms with Gasteiger partial charge in [0.05, 0.1) is 6.54 Å². The minimum absolute atomic E-state index is 0.0366. The Bertz CT molecular complexity index is 672. The highest BCUT2D eigenvalue weighted by atomic mass is 16.6. The molecule has 0 saturated carbocycles. The van der Waals surface area contributed by atoms with E-state index in [-0.39, 0.29) is 6.54 Å². The number of anilines is 2. The summed E-state index contributed by atoms with van der Waals surface area (Å²) in [5.74, 6) is 0.290. The summed E-state index contributed by atoms with van der Waals surface area (Å²) in [4.78, 5) is 37.9. The van der Waals surface area contributed by atoms with E-state index in [1.807, 2.05) is 13.8 Å². The van der Waals surface area contributed by atoms with Crippen LogP contribution in [-0.4, -0.2) is 76.4 Å². The molecule has 1 atom stereocenters. The van der Waals surface area contributed by atoms with Crippen molar-refractivity contribution in [3.8, 4) is 0 Å². The molecule has 1 N–H and O–H groups in total. The summed E-state index contributed by atoms with van der Waals surface area (Å²) in [6.45, 7) is 11.8. The summed E-state index contributed by atoms with van der Waals surface area (Å²) in [5, 5.41) is 9.70. The molecular weight excluding hydrogens is 350 g/mol. The van der Waals surface area contributed by atoms with Gasteiger partial charge in [0.2, 0.25) is 0 Å². The first kappa shape index (κ1) is 20.7. The smallest absolute Gasteiger partial charge is 0.410 e. The highest BCUT2D eigenvalue weighted by Crippen LogP contribution is 2.23. The Morgan fingerprint density at radius 3 is 2.48 bits per heavy atom. The van der Waals surface area contributed by atoms with Gasteiger partial charge in [0.25, 0.3) is 0 Å². The molecule has 1 aromatic rings. The Labute approximate surface area is 159 Å². The predicted molar refractivity (Wildman–Crippen MR) is 102 cm³/mol. The molecule has 1 amide bonds. The Morgan fingerprint density at radius 1 is 1.26 bits per heavy atom. The molecule has 0 aromatic carbocycles. The summed E-state index contributed by atoms with van der Waals surface area (Å²) < 4.78 is 5.37. The number of carbonyl (C=O) groups excluding carboxylic acids is 1. The van der Waals surface area contributed by atoms with Crippen molar-refractivity contribution in [2.75, 3.05) is 42.5 Å². The molecule has 1 fully saturated rings. The maximum atomic E-state index is 12.3. The number of aliphatic carboxylic acids is 1. The van der Waals surface area contributed by atoms with Crippen LogP contribution >= 0.6 is 0 Å². The van der Waals surface area contributed by atoms with Crippen LogP contribution in [0.15, 0.2) is 12.4 Å². The molecular formula is C18H29N5O4. The quantitative estimate of drug-likeness (QED) is 0.827. The van der Waals surface area contributed by atoms with Crippen molar-refractivity contribution in [3.05, 3.63) is 12.4 Å². The summed E-state index contributed by atoms with van der Waals surface area (Å²) in [6, 6.07) is 0.900. The van der Waals surface area contributed by atoms with Gasteiger partial charge in [-0.1, -0.05) is 0 Å². The van der Waals surface area contributed by atoms with E-state index in [1.165, 1.54) is 11.2 Å². The second-order valence-corrected chi connectivity index (χ2v) is 7.38. The third kappa shape index (κ3) is 5.21. The number of piperazine rings is 1. The monoisotopic (exact) mass is 379 g/mol. The first-order chi connectivity index (χ1) is 12.7. The summed E-state index contributed by atoms with van der Waals surface area (Å²) in [7, 11) is 0. The van der Waals surface area contributed by atoms with Crippen molar-refractivity contribution in [1.82, 2.24) is 14.9 Å². The fourth-order valence-electron chi connectivity index (χ4n) is 2.98. The minimum atomic E-state index is -1.01. The second-order valence-electron chi connectivity index (χ2n) is 7.38. The van der Waals surface area contributed by atoms with E-state index in [0.717, 1.165) is 18.9 Å². The largest absolute Gasteiger partial charge is 0.480 e. The number of nitrogens with zero attached hydrogens (tertiary/aromatic N) is 5. The van der Waals surface area contributed by atoms with Crippen molar-refractivity contribution >= 4 is 23.7 Å². The molecule has 0 aliphatic carbocycles. The van der Waals surface area contributed by atoms with Crippen LogP contribution in [0.5, 0.6) is 0 Å². The molecule has 0 radical (unpaired) electrons.